The molecule has 0 bridgehead atoms. The van der Waals surface area contributed by atoms with Crippen LogP contribution in [-0.4, -0.2) is 29.6 Å². The predicted octanol–water partition coefficient (Wildman–Crippen LogP) is 2.99. The SMILES string of the molecule is CCCNCc1cncc(N2CCCC(C)(C)CC2)n1. The van der Waals surface area contributed by atoms with Crippen molar-refractivity contribution in [3.05, 3.63) is 18.1 Å². The van der Waals surface area contributed by atoms with Crippen molar-refractivity contribution in [2.75, 3.05) is 24.5 Å². The third-order valence-electron chi connectivity index (χ3n) is 4.07. The van der Waals surface area contributed by atoms with E-state index in [1.807, 2.05) is 12.4 Å². The summed E-state index contributed by atoms with van der Waals surface area (Å²) in [5.74, 6) is 1.04. The van der Waals surface area contributed by atoms with Gasteiger partial charge in [-0.2, -0.15) is 0 Å². The molecule has 112 valence electrons. The fourth-order valence-electron chi connectivity index (χ4n) is 2.68. The summed E-state index contributed by atoms with van der Waals surface area (Å²) in [6.07, 6.45) is 8.69. The van der Waals surface area contributed by atoms with Gasteiger partial charge < -0.3 is 10.2 Å². The Morgan fingerprint density at radius 1 is 1.25 bits per heavy atom. The first-order chi connectivity index (χ1) is 9.61. The summed E-state index contributed by atoms with van der Waals surface area (Å²) in [6, 6.07) is 0. The van der Waals surface area contributed by atoms with Crippen molar-refractivity contribution in [3.8, 4) is 0 Å². The summed E-state index contributed by atoms with van der Waals surface area (Å²) in [4.78, 5) is 11.5. The molecule has 2 heterocycles. The number of nitrogens with zero attached hydrogens (tertiary/aromatic N) is 3. The standard InChI is InChI=1S/C16H28N4/c1-4-8-17-11-14-12-18-13-15(19-14)20-9-5-6-16(2,3)7-10-20/h12-13,17H,4-11H2,1-3H3. The Morgan fingerprint density at radius 3 is 2.90 bits per heavy atom. The molecule has 1 aliphatic rings. The van der Waals surface area contributed by atoms with Crippen LogP contribution in [-0.2, 0) is 6.54 Å². The summed E-state index contributed by atoms with van der Waals surface area (Å²) in [5.41, 5.74) is 1.50. The Hall–Kier alpha value is -1.16. The Labute approximate surface area is 123 Å². The molecule has 0 aromatic carbocycles. The normalized spacial score (nSPS) is 18.9. The Morgan fingerprint density at radius 2 is 2.10 bits per heavy atom. The second-order valence-corrected chi connectivity index (χ2v) is 6.55. The molecule has 0 atom stereocenters. The fourth-order valence-corrected chi connectivity index (χ4v) is 2.68. The van der Waals surface area contributed by atoms with E-state index in [4.69, 9.17) is 4.98 Å². The van der Waals surface area contributed by atoms with Crippen LogP contribution in [0.15, 0.2) is 12.4 Å². The van der Waals surface area contributed by atoms with Gasteiger partial charge in [0.2, 0.25) is 0 Å². The maximum absolute atomic E-state index is 4.76. The highest BCUT2D eigenvalue weighted by molar-refractivity contribution is 5.36. The molecule has 2 rings (SSSR count). The molecule has 1 saturated heterocycles. The fraction of sp³-hybridized carbons (Fsp3) is 0.750. The van der Waals surface area contributed by atoms with Gasteiger partial charge in [0.25, 0.3) is 0 Å². The zero-order valence-corrected chi connectivity index (χ0v) is 13.2. The minimum Gasteiger partial charge on any atom is -0.355 e. The van der Waals surface area contributed by atoms with Crippen LogP contribution in [0.5, 0.6) is 0 Å². The van der Waals surface area contributed by atoms with E-state index in [0.717, 1.165) is 44.1 Å². The van der Waals surface area contributed by atoms with E-state index in [9.17, 15) is 0 Å². The van der Waals surface area contributed by atoms with E-state index in [2.05, 4.69) is 36.0 Å². The van der Waals surface area contributed by atoms with Gasteiger partial charge in [-0.05, 0) is 37.6 Å². The largest absolute Gasteiger partial charge is 0.355 e. The summed E-state index contributed by atoms with van der Waals surface area (Å²) in [7, 11) is 0. The average molecular weight is 276 g/mol. The van der Waals surface area contributed by atoms with Crippen molar-refractivity contribution in [2.45, 2.75) is 53.0 Å². The lowest BCUT2D eigenvalue weighted by Crippen LogP contribution is -2.26. The predicted molar refractivity (Wildman–Crippen MR) is 83.9 cm³/mol. The van der Waals surface area contributed by atoms with Crippen LogP contribution in [0.3, 0.4) is 0 Å². The summed E-state index contributed by atoms with van der Waals surface area (Å²) >= 11 is 0. The first-order valence-electron chi connectivity index (χ1n) is 7.87. The number of hydrogen-bond acceptors (Lipinski definition) is 4. The van der Waals surface area contributed by atoms with Crippen molar-refractivity contribution in [2.24, 2.45) is 5.41 Å². The van der Waals surface area contributed by atoms with Gasteiger partial charge in [0.15, 0.2) is 0 Å². The van der Waals surface area contributed by atoms with Gasteiger partial charge >= 0.3 is 0 Å². The smallest absolute Gasteiger partial charge is 0.147 e. The molecule has 0 saturated carbocycles. The van der Waals surface area contributed by atoms with Gasteiger partial charge in [0.1, 0.15) is 5.82 Å². The van der Waals surface area contributed by atoms with E-state index in [1.54, 1.807) is 0 Å². The minimum absolute atomic E-state index is 0.461. The van der Waals surface area contributed by atoms with Gasteiger partial charge in [-0.3, -0.25) is 4.98 Å². The number of hydrogen-bond donors (Lipinski definition) is 1. The Bertz CT molecular complexity index is 417. The van der Waals surface area contributed by atoms with Crippen LogP contribution in [0, 0.1) is 5.41 Å². The van der Waals surface area contributed by atoms with Crippen molar-refractivity contribution < 1.29 is 0 Å². The van der Waals surface area contributed by atoms with E-state index in [-0.39, 0.29) is 0 Å². The average Bonchev–Trinajstić information content (AvgIpc) is 2.60. The van der Waals surface area contributed by atoms with E-state index in [1.165, 1.54) is 19.3 Å². The topological polar surface area (TPSA) is 41.1 Å². The highest BCUT2D eigenvalue weighted by atomic mass is 15.2. The van der Waals surface area contributed by atoms with Crippen LogP contribution in [0.4, 0.5) is 5.82 Å². The maximum atomic E-state index is 4.76. The second kappa shape index (κ2) is 7.02. The first-order valence-corrected chi connectivity index (χ1v) is 7.87. The minimum atomic E-state index is 0.461. The number of nitrogens with one attached hydrogen (secondary N) is 1. The lowest BCUT2D eigenvalue weighted by atomic mass is 9.85. The van der Waals surface area contributed by atoms with Crippen LogP contribution < -0.4 is 10.2 Å². The van der Waals surface area contributed by atoms with Gasteiger partial charge in [-0.1, -0.05) is 20.8 Å². The molecule has 0 aliphatic carbocycles. The molecule has 0 radical (unpaired) electrons. The first kappa shape index (κ1) is 15.2. The maximum Gasteiger partial charge on any atom is 0.147 e. The molecule has 20 heavy (non-hydrogen) atoms. The molecule has 0 spiro atoms. The molecule has 1 aliphatic heterocycles. The molecular weight excluding hydrogens is 248 g/mol. The molecule has 4 heteroatoms. The van der Waals surface area contributed by atoms with Gasteiger partial charge in [-0.15, -0.1) is 0 Å². The molecule has 1 fully saturated rings. The second-order valence-electron chi connectivity index (χ2n) is 6.55. The van der Waals surface area contributed by atoms with Crippen LogP contribution in [0.25, 0.3) is 0 Å². The van der Waals surface area contributed by atoms with Crippen molar-refractivity contribution in [1.82, 2.24) is 15.3 Å². The molecule has 0 unspecified atom stereocenters. The zero-order chi connectivity index (χ0) is 14.4. The monoisotopic (exact) mass is 276 g/mol. The van der Waals surface area contributed by atoms with Crippen LogP contribution in [0.1, 0.15) is 52.1 Å². The quantitative estimate of drug-likeness (QED) is 0.839. The van der Waals surface area contributed by atoms with Crippen LogP contribution >= 0.6 is 0 Å². The van der Waals surface area contributed by atoms with Gasteiger partial charge in [0.05, 0.1) is 11.9 Å². The molecule has 1 aromatic rings. The van der Waals surface area contributed by atoms with E-state index >= 15 is 0 Å². The third kappa shape index (κ3) is 4.44. The summed E-state index contributed by atoms with van der Waals surface area (Å²) < 4.78 is 0. The molecular formula is C16H28N4. The number of rotatable bonds is 5. The number of anilines is 1. The van der Waals surface area contributed by atoms with E-state index in [0.29, 0.717) is 5.41 Å². The van der Waals surface area contributed by atoms with Crippen molar-refractivity contribution >= 4 is 5.82 Å². The molecule has 4 nitrogen and oxygen atoms in total. The van der Waals surface area contributed by atoms with Gasteiger partial charge in [-0.25, -0.2) is 4.98 Å². The highest BCUT2D eigenvalue weighted by Gasteiger charge is 2.23. The third-order valence-corrected chi connectivity index (χ3v) is 4.07. The molecule has 1 aromatic heterocycles. The Kier molecular flexibility index (Phi) is 5.35. The highest BCUT2D eigenvalue weighted by Crippen LogP contribution is 2.30. The number of aromatic nitrogens is 2. The van der Waals surface area contributed by atoms with Crippen molar-refractivity contribution in [1.29, 1.82) is 0 Å². The molecule has 0 amide bonds. The lowest BCUT2D eigenvalue weighted by Gasteiger charge is -2.24. The molecule has 1 N–H and O–H groups in total. The van der Waals surface area contributed by atoms with Gasteiger partial charge in [0, 0.05) is 25.8 Å². The summed E-state index contributed by atoms with van der Waals surface area (Å²) in [6.45, 7) is 10.9. The van der Waals surface area contributed by atoms with Crippen LogP contribution in [0.2, 0.25) is 0 Å². The lowest BCUT2D eigenvalue weighted by molar-refractivity contribution is 0.325. The Balaban J connectivity index is 1.99. The zero-order valence-electron chi connectivity index (χ0n) is 13.2. The van der Waals surface area contributed by atoms with E-state index < -0.39 is 0 Å². The van der Waals surface area contributed by atoms with Crippen molar-refractivity contribution in [3.63, 3.8) is 0 Å². The summed E-state index contributed by atoms with van der Waals surface area (Å²) in [5, 5.41) is 3.39.